The Bertz CT molecular complexity index is 438. The van der Waals surface area contributed by atoms with Crippen molar-refractivity contribution in [2.45, 2.75) is 5.51 Å². The number of thiocarbonyl (C=S) groups is 1. The van der Waals surface area contributed by atoms with Crippen molar-refractivity contribution in [1.29, 1.82) is 0 Å². The maximum Gasteiger partial charge on any atom is 0.441 e. The summed E-state index contributed by atoms with van der Waals surface area (Å²) < 4.78 is 35.8. The highest BCUT2D eigenvalue weighted by atomic mass is 35.5. The number of nitrogens with two attached hydrogens (primary N) is 1. The summed E-state index contributed by atoms with van der Waals surface area (Å²) >= 11 is 10.5. The van der Waals surface area contributed by atoms with Gasteiger partial charge in [0.25, 0.3) is 0 Å². The van der Waals surface area contributed by atoms with Gasteiger partial charge in [0, 0.05) is 28.6 Å². The van der Waals surface area contributed by atoms with Gasteiger partial charge in [0.1, 0.15) is 4.99 Å². The number of anilines is 1. The van der Waals surface area contributed by atoms with Gasteiger partial charge < -0.3 is 11.1 Å². The van der Waals surface area contributed by atoms with Gasteiger partial charge in [-0.25, -0.2) is 0 Å². The number of thioether (sulfide) groups is 1. The molecule has 0 saturated carbocycles. The zero-order chi connectivity index (χ0) is 13.8. The first kappa shape index (κ1) is 15.4. The lowest BCUT2D eigenvalue weighted by atomic mass is 10.2. The van der Waals surface area contributed by atoms with Crippen molar-refractivity contribution in [1.82, 2.24) is 0 Å². The predicted octanol–water partition coefficient (Wildman–Crippen LogP) is 3.64. The second kappa shape index (κ2) is 6.49. The van der Waals surface area contributed by atoms with E-state index in [2.05, 4.69) is 5.32 Å². The molecule has 8 heteroatoms. The molecular formula is C10H10ClF3N2S2. The molecule has 3 N–H and O–H groups in total. The van der Waals surface area contributed by atoms with E-state index in [9.17, 15) is 13.2 Å². The molecule has 0 saturated heterocycles. The molecule has 0 radical (unpaired) electrons. The third-order valence-corrected chi connectivity index (χ3v) is 3.12. The van der Waals surface area contributed by atoms with Crippen LogP contribution in [0.25, 0.3) is 0 Å². The molecule has 0 bridgehead atoms. The summed E-state index contributed by atoms with van der Waals surface area (Å²) in [5.74, 6) is -0.104. The Kier molecular flexibility index (Phi) is 5.55. The number of hydrogen-bond donors (Lipinski definition) is 2. The highest BCUT2D eigenvalue weighted by Gasteiger charge is 2.27. The van der Waals surface area contributed by atoms with Crippen LogP contribution in [0.15, 0.2) is 18.2 Å². The van der Waals surface area contributed by atoms with Gasteiger partial charge in [0.05, 0.1) is 0 Å². The highest BCUT2D eigenvalue weighted by molar-refractivity contribution is 8.00. The molecule has 0 heterocycles. The number of alkyl halides is 3. The van der Waals surface area contributed by atoms with Crippen LogP contribution >= 0.6 is 35.6 Å². The zero-order valence-corrected chi connectivity index (χ0v) is 11.4. The van der Waals surface area contributed by atoms with Gasteiger partial charge in [0.15, 0.2) is 0 Å². The number of halogens is 4. The average molecular weight is 315 g/mol. The van der Waals surface area contributed by atoms with E-state index in [1.165, 1.54) is 0 Å². The SMILES string of the molecule is NC(=S)c1ccc(Cl)cc1NCCSC(F)(F)F. The lowest BCUT2D eigenvalue weighted by Crippen LogP contribution is -2.15. The Morgan fingerprint density at radius 3 is 2.67 bits per heavy atom. The van der Waals surface area contributed by atoms with Gasteiger partial charge in [-0.15, -0.1) is 0 Å². The fourth-order valence-corrected chi connectivity index (χ4v) is 2.02. The molecular weight excluding hydrogens is 305 g/mol. The molecule has 2 nitrogen and oxygen atoms in total. The van der Waals surface area contributed by atoms with Crippen LogP contribution in [0, 0.1) is 0 Å². The summed E-state index contributed by atoms with van der Waals surface area (Å²) in [5.41, 5.74) is 2.38. The third kappa shape index (κ3) is 5.32. The van der Waals surface area contributed by atoms with E-state index in [0.29, 0.717) is 16.3 Å². The third-order valence-electron chi connectivity index (χ3n) is 1.93. The van der Waals surface area contributed by atoms with E-state index >= 15 is 0 Å². The van der Waals surface area contributed by atoms with E-state index < -0.39 is 5.51 Å². The Balaban J connectivity index is 2.61. The summed E-state index contributed by atoms with van der Waals surface area (Å²) in [7, 11) is 0. The van der Waals surface area contributed by atoms with Crippen molar-refractivity contribution < 1.29 is 13.2 Å². The smallest absolute Gasteiger partial charge is 0.389 e. The van der Waals surface area contributed by atoms with E-state index in [1.807, 2.05) is 0 Å². The van der Waals surface area contributed by atoms with Crippen LogP contribution in [-0.2, 0) is 0 Å². The minimum absolute atomic E-state index is 0.0883. The van der Waals surface area contributed by atoms with Gasteiger partial charge in [-0.2, -0.15) is 13.2 Å². The quantitative estimate of drug-likeness (QED) is 0.643. The lowest BCUT2D eigenvalue weighted by Gasteiger charge is -2.12. The van der Waals surface area contributed by atoms with Crippen LogP contribution in [0.3, 0.4) is 0 Å². The van der Waals surface area contributed by atoms with Crippen molar-refractivity contribution >= 4 is 46.3 Å². The van der Waals surface area contributed by atoms with Crippen LogP contribution < -0.4 is 11.1 Å². The van der Waals surface area contributed by atoms with E-state index in [-0.39, 0.29) is 29.0 Å². The number of nitrogens with one attached hydrogen (secondary N) is 1. The average Bonchev–Trinajstić information content (AvgIpc) is 2.22. The van der Waals surface area contributed by atoms with E-state index in [0.717, 1.165) is 0 Å². The molecule has 0 atom stereocenters. The van der Waals surface area contributed by atoms with Gasteiger partial charge in [-0.1, -0.05) is 23.8 Å². The summed E-state index contributed by atoms with van der Waals surface area (Å²) in [6.45, 7) is 0.139. The first-order valence-electron chi connectivity index (χ1n) is 4.83. The van der Waals surface area contributed by atoms with E-state index in [1.54, 1.807) is 18.2 Å². The van der Waals surface area contributed by atoms with Crippen LogP contribution in [0.1, 0.15) is 5.56 Å². The topological polar surface area (TPSA) is 38.0 Å². The fraction of sp³-hybridized carbons (Fsp3) is 0.300. The molecule has 100 valence electrons. The Morgan fingerprint density at radius 1 is 1.44 bits per heavy atom. The Hall–Kier alpha value is -0.660. The first-order chi connectivity index (χ1) is 8.29. The number of benzene rings is 1. The monoisotopic (exact) mass is 314 g/mol. The number of hydrogen-bond acceptors (Lipinski definition) is 3. The summed E-state index contributed by atoms with van der Waals surface area (Å²) in [6, 6.07) is 4.82. The van der Waals surface area contributed by atoms with Crippen LogP contribution in [0.4, 0.5) is 18.9 Å². The van der Waals surface area contributed by atoms with Gasteiger partial charge in [0.2, 0.25) is 0 Å². The van der Waals surface area contributed by atoms with Gasteiger partial charge >= 0.3 is 5.51 Å². The molecule has 1 aromatic rings. The summed E-state index contributed by atoms with van der Waals surface area (Å²) in [6.07, 6.45) is 0. The summed E-state index contributed by atoms with van der Waals surface area (Å²) in [4.78, 5) is 0.164. The largest absolute Gasteiger partial charge is 0.441 e. The molecule has 18 heavy (non-hydrogen) atoms. The Labute approximate surface area is 117 Å². The maximum atomic E-state index is 11.9. The molecule has 0 aliphatic heterocycles. The molecule has 1 rings (SSSR count). The molecule has 0 amide bonds. The van der Waals surface area contributed by atoms with Crippen LogP contribution in [0.2, 0.25) is 5.02 Å². The molecule has 0 spiro atoms. The van der Waals surface area contributed by atoms with Crippen LogP contribution in [-0.4, -0.2) is 22.8 Å². The van der Waals surface area contributed by atoms with Crippen molar-refractivity contribution in [3.8, 4) is 0 Å². The summed E-state index contributed by atoms with van der Waals surface area (Å²) in [5, 5.41) is 3.29. The second-order valence-electron chi connectivity index (χ2n) is 3.28. The van der Waals surface area contributed by atoms with Crippen molar-refractivity contribution in [2.24, 2.45) is 5.73 Å². The van der Waals surface area contributed by atoms with Crippen molar-refractivity contribution in [3.63, 3.8) is 0 Å². The molecule has 0 unspecified atom stereocenters. The first-order valence-corrected chi connectivity index (χ1v) is 6.60. The Morgan fingerprint density at radius 2 is 2.11 bits per heavy atom. The molecule has 0 aliphatic rings. The van der Waals surface area contributed by atoms with E-state index in [4.69, 9.17) is 29.6 Å². The minimum Gasteiger partial charge on any atom is -0.389 e. The predicted molar refractivity (Wildman–Crippen MR) is 74.3 cm³/mol. The van der Waals surface area contributed by atoms with Crippen LogP contribution in [0.5, 0.6) is 0 Å². The van der Waals surface area contributed by atoms with Gasteiger partial charge in [-0.3, -0.25) is 0 Å². The minimum atomic E-state index is -4.22. The van der Waals surface area contributed by atoms with Gasteiger partial charge in [-0.05, 0) is 30.0 Å². The molecule has 0 aliphatic carbocycles. The van der Waals surface area contributed by atoms with Crippen molar-refractivity contribution in [2.75, 3.05) is 17.6 Å². The molecule has 0 fully saturated rings. The van der Waals surface area contributed by atoms with Crippen molar-refractivity contribution in [3.05, 3.63) is 28.8 Å². The fourth-order valence-electron chi connectivity index (χ4n) is 1.23. The number of rotatable bonds is 5. The lowest BCUT2D eigenvalue weighted by molar-refractivity contribution is -0.0327. The zero-order valence-electron chi connectivity index (χ0n) is 9.05. The normalized spacial score (nSPS) is 11.3. The molecule has 0 aromatic heterocycles. The second-order valence-corrected chi connectivity index (χ2v) is 5.31. The standard InChI is InChI=1S/C10H10ClF3N2S2/c11-6-1-2-7(9(15)17)8(5-6)16-3-4-18-10(12,13)14/h1-2,5,16H,3-4H2,(H2,15,17). The maximum absolute atomic E-state index is 11.9. The highest BCUT2D eigenvalue weighted by Crippen LogP contribution is 2.30. The molecule has 1 aromatic carbocycles.